The number of amides is 4. The molecule has 0 aliphatic carbocycles. The van der Waals surface area contributed by atoms with Crippen molar-refractivity contribution in [3.63, 3.8) is 0 Å². The molecule has 7 aliphatic rings. The van der Waals surface area contributed by atoms with Crippen LogP contribution in [0.5, 0.6) is 0 Å². The standard InChI is InChI=1S/C14H16N2O2.C7H4N2O2.2C7H17N2P3/c17-13-11-6-7-15-8-12(11)14(18)16(13)9-10-4-2-1-3-5-10;10-6-4-1-2-8-3-5(4)7(11)9-6;10-8-3-6-1-2-9(12-11)5-7(6)4-8;10-8-4-6-2-1-3-9(12-11)7(6)5-8/h1-5,11-12,15H,6-9H2;1-3H,(H,9,10,11);2*6-7,12H,1-5,10-11H2. The number of benzene rings is 1. The molecule has 2 aromatic rings. The molecule has 9 rings (SSSR count). The van der Waals surface area contributed by atoms with Crippen LogP contribution in [0.2, 0.25) is 0 Å². The van der Waals surface area contributed by atoms with E-state index in [1.54, 1.807) is 0 Å². The average Bonchev–Trinajstić information content (AvgIpc) is 3.91. The summed E-state index contributed by atoms with van der Waals surface area (Å²) in [4.78, 5) is 51.4. The van der Waals surface area contributed by atoms with Crippen LogP contribution in [0, 0.1) is 29.6 Å². The number of pyridine rings is 1. The van der Waals surface area contributed by atoms with Gasteiger partial charge in [0.1, 0.15) is 0 Å². The first-order valence-electron chi connectivity index (χ1n) is 18.5. The Labute approximate surface area is 326 Å². The molecule has 8 heterocycles. The van der Waals surface area contributed by atoms with Gasteiger partial charge in [0.2, 0.25) is 11.8 Å². The van der Waals surface area contributed by atoms with Gasteiger partial charge in [-0.3, -0.25) is 53.1 Å². The third kappa shape index (κ3) is 10.5. The van der Waals surface area contributed by atoms with Crippen LogP contribution < -0.4 is 10.6 Å². The van der Waals surface area contributed by atoms with Crippen LogP contribution in [0.3, 0.4) is 0 Å². The molecule has 0 spiro atoms. The van der Waals surface area contributed by atoms with E-state index < -0.39 is 0 Å². The highest BCUT2D eigenvalue weighted by Crippen LogP contribution is 2.41. The van der Waals surface area contributed by atoms with Crippen LogP contribution >= 0.6 is 53.5 Å². The minimum Gasteiger partial charge on any atom is -0.316 e. The van der Waals surface area contributed by atoms with Crippen LogP contribution in [0.25, 0.3) is 0 Å². The Balaban J connectivity index is 0.000000124. The molecule has 0 saturated carbocycles. The van der Waals surface area contributed by atoms with E-state index in [0.29, 0.717) is 24.2 Å². The average molecular weight is 837 g/mol. The molecule has 6 fully saturated rings. The van der Waals surface area contributed by atoms with Gasteiger partial charge >= 0.3 is 0 Å². The van der Waals surface area contributed by atoms with Crippen molar-refractivity contribution < 1.29 is 19.2 Å². The number of fused-ring (bicyclic) bond motifs is 4. The van der Waals surface area contributed by atoms with Gasteiger partial charge in [-0.25, -0.2) is 0 Å². The Bertz CT molecular complexity index is 1540. The second kappa shape index (κ2) is 19.9. The zero-order valence-corrected chi connectivity index (χ0v) is 36.7. The van der Waals surface area contributed by atoms with Crippen molar-refractivity contribution in [1.29, 1.82) is 0 Å². The zero-order chi connectivity index (χ0) is 37.5. The highest BCUT2D eigenvalue weighted by molar-refractivity contribution is 8.01. The molecule has 1 aromatic heterocycles. The van der Waals surface area contributed by atoms with Gasteiger partial charge in [-0.05, 0) is 78.5 Å². The number of imide groups is 2. The Morgan fingerprint density at radius 2 is 1.47 bits per heavy atom. The van der Waals surface area contributed by atoms with E-state index in [1.807, 2.05) is 30.3 Å². The Hall–Kier alpha value is -0.970. The van der Waals surface area contributed by atoms with Crippen molar-refractivity contribution in [3.8, 4) is 0 Å². The van der Waals surface area contributed by atoms with Crippen LogP contribution in [0.1, 0.15) is 52.0 Å². The Morgan fingerprint density at radius 1 is 0.755 bits per heavy atom. The third-order valence-electron chi connectivity index (χ3n) is 11.4. The molecule has 2 N–H and O–H groups in total. The predicted octanol–water partition coefficient (Wildman–Crippen LogP) is 3.72. The molecule has 6 saturated heterocycles. The summed E-state index contributed by atoms with van der Waals surface area (Å²) < 4.78 is 10.0. The first kappa shape index (κ1) is 41.7. The molecule has 0 radical (unpaired) electrons. The first-order chi connectivity index (χ1) is 25.7. The number of nitrogens with zero attached hydrogens (tertiary/aromatic N) is 6. The molecule has 12 atom stereocenters. The molecular weight excluding hydrogens is 782 g/mol. The van der Waals surface area contributed by atoms with E-state index in [2.05, 4.69) is 70.9 Å². The van der Waals surface area contributed by atoms with Crippen LogP contribution in [0.15, 0.2) is 48.8 Å². The monoisotopic (exact) mass is 836 g/mol. The largest absolute Gasteiger partial charge is 0.316 e. The third-order valence-corrected chi connectivity index (χ3v) is 15.9. The molecule has 0 bridgehead atoms. The number of hydrogen-bond acceptors (Lipinski definition) is 10. The maximum atomic E-state index is 12.2. The van der Waals surface area contributed by atoms with Gasteiger partial charge in [0.15, 0.2) is 0 Å². The van der Waals surface area contributed by atoms with Gasteiger partial charge in [0.25, 0.3) is 11.8 Å². The van der Waals surface area contributed by atoms with Crippen LogP contribution in [-0.4, -0.2) is 117 Å². The number of rotatable bonds is 4. The molecule has 1 aromatic carbocycles. The predicted molar refractivity (Wildman–Crippen MR) is 228 cm³/mol. The SMILES string of the molecule is O=C1C2CCNCC2C(=O)N1Cc1ccccc1.O=C1NC(=O)c2cnccc21.PPN1CCC2CN(P)CC2C1.PPN1CCCC2CN(P)CC21. The fourth-order valence-corrected chi connectivity index (χ4v) is 12.6. The van der Waals surface area contributed by atoms with Crippen molar-refractivity contribution in [3.05, 3.63) is 65.5 Å². The van der Waals surface area contributed by atoms with E-state index in [-0.39, 0.29) is 35.5 Å². The summed E-state index contributed by atoms with van der Waals surface area (Å²) in [5.41, 5.74) is 1.77. The minimum atomic E-state index is -0.363. The number of piperidine rings is 3. The highest BCUT2D eigenvalue weighted by atomic mass is 32.0. The van der Waals surface area contributed by atoms with E-state index in [4.69, 9.17) is 0 Å². The Kier molecular flexibility index (Phi) is 15.7. The van der Waals surface area contributed by atoms with Crippen LogP contribution in [0.4, 0.5) is 0 Å². The molecule has 4 amide bonds. The minimum absolute atomic E-state index is 0.00959. The van der Waals surface area contributed by atoms with Crippen molar-refractivity contribution >= 4 is 77.1 Å². The lowest BCUT2D eigenvalue weighted by molar-refractivity contribution is -0.140. The van der Waals surface area contributed by atoms with Crippen molar-refractivity contribution in [2.75, 3.05) is 58.9 Å². The van der Waals surface area contributed by atoms with E-state index in [9.17, 15) is 19.2 Å². The summed E-state index contributed by atoms with van der Waals surface area (Å²) in [6.07, 6.45) is 7.91. The maximum Gasteiger partial charge on any atom is 0.260 e. The van der Waals surface area contributed by atoms with E-state index >= 15 is 0 Å². The second-order valence-corrected chi connectivity index (χ2v) is 19.5. The summed E-state index contributed by atoms with van der Waals surface area (Å²) in [6.45, 7) is 11.0. The number of nitrogens with one attached hydrogen (secondary N) is 2. The molecule has 53 heavy (non-hydrogen) atoms. The smallest absolute Gasteiger partial charge is 0.260 e. The lowest BCUT2D eigenvalue weighted by Crippen LogP contribution is -2.39. The quantitative estimate of drug-likeness (QED) is 0.349. The van der Waals surface area contributed by atoms with Crippen molar-refractivity contribution in [2.45, 2.75) is 38.3 Å². The van der Waals surface area contributed by atoms with Crippen molar-refractivity contribution in [1.82, 2.24) is 39.2 Å². The summed E-state index contributed by atoms with van der Waals surface area (Å²) in [5, 5.41) is 5.36. The molecular formula is C35H54N8O4P6. The van der Waals surface area contributed by atoms with Gasteiger partial charge in [-0.15, -0.1) is 0 Å². The summed E-state index contributed by atoms with van der Waals surface area (Å²) in [7, 11) is 13.3. The fourth-order valence-electron chi connectivity index (χ4n) is 8.55. The van der Waals surface area contributed by atoms with Gasteiger partial charge in [0.05, 0.1) is 29.5 Å². The number of hydrogen-bond donors (Lipinski definition) is 2. The number of carbonyl (C=O) groups is 4. The van der Waals surface area contributed by atoms with Gasteiger partial charge in [-0.1, -0.05) is 67.0 Å². The number of likely N-dealkylation sites (tertiary alicyclic amines) is 1. The Morgan fingerprint density at radius 3 is 2.21 bits per heavy atom. The van der Waals surface area contributed by atoms with E-state index in [0.717, 1.165) is 59.2 Å². The number of carbonyl (C=O) groups excluding carboxylic acids is 4. The summed E-state index contributed by atoms with van der Waals surface area (Å²) in [5.74, 6) is 1.94. The normalized spacial score (nSPS) is 30.2. The first-order valence-corrected chi connectivity index (χ1v) is 25.0. The van der Waals surface area contributed by atoms with Gasteiger partial charge in [-0.2, -0.15) is 0 Å². The zero-order valence-electron chi connectivity index (χ0n) is 30.1. The molecule has 7 aliphatic heterocycles. The molecule has 12 unspecified atom stereocenters. The molecule has 18 heteroatoms. The van der Waals surface area contributed by atoms with Crippen molar-refractivity contribution in [2.24, 2.45) is 29.6 Å². The van der Waals surface area contributed by atoms with Gasteiger partial charge < -0.3 is 5.32 Å². The summed E-state index contributed by atoms with van der Waals surface area (Å²) in [6, 6.07) is 12.1. The van der Waals surface area contributed by atoms with Gasteiger partial charge in [0, 0.05) is 70.8 Å². The lowest BCUT2D eigenvalue weighted by atomic mass is 9.89. The second-order valence-electron chi connectivity index (χ2n) is 14.7. The summed E-state index contributed by atoms with van der Waals surface area (Å²) >= 11 is 0. The number of aromatic nitrogens is 1. The van der Waals surface area contributed by atoms with Crippen LogP contribution in [-0.2, 0) is 16.1 Å². The maximum absolute atomic E-state index is 12.2. The lowest BCUT2D eigenvalue weighted by Gasteiger charge is -2.35. The topological polar surface area (TPSA) is 121 Å². The molecule has 288 valence electrons. The molecule has 12 nitrogen and oxygen atoms in total. The fraction of sp³-hybridized carbons (Fsp3) is 0.571. The van der Waals surface area contributed by atoms with E-state index in [1.165, 1.54) is 88.4 Å². The highest BCUT2D eigenvalue weighted by Gasteiger charge is 2.48.